The fourth-order valence-corrected chi connectivity index (χ4v) is 2.03. The van der Waals surface area contributed by atoms with Crippen LogP contribution in [0.25, 0.3) is 0 Å². The molecule has 1 aliphatic heterocycles. The van der Waals surface area contributed by atoms with Crippen LogP contribution in [-0.2, 0) is 4.74 Å². The standard InChI is InChI=1S/C14H20N2O4/c1-16(2)12-7-11(14(17)18)8-13(15-12)20-9-10-3-5-19-6-4-10/h7-8,10H,3-6,9H2,1-2H3,(H,17,18). The molecule has 1 saturated heterocycles. The highest BCUT2D eigenvalue weighted by Crippen LogP contribution is 2.21. The van der Waals surface area contributed by atoms with Gasteiger partial charge in [0.2, 0.25) is 5.88 Å². The molecule has 6 heteroatoms. The first kappa shape index (κ1) is 14.6. The van der Waals surface area contributed by atoms with Crippen LogP contribution in [0.4, 0.5) is 5.82 Å². The average Bonchev–Trinajstić information content (AvgIpc) is 2.45. The Bertz CT molecular complexity index is 470. The number of carboxylic acids is 1. The molecule has 0 amide bonds. The van der Waals surface area contributed by atoms with E-state index in [-0.39, 0.29) is 5.56 Å². The second-order valence-corrected chi connectivity index (χ2v) is 5.12. The highest BCUT2D eigenvalue weighted by molar-refractivity contribution is 5.88. The number of nitrogens with zero attached hydrogens (tertiary/aromatic N) is 2. The van der Waals surface area contributed by atoms with Crippen molar-refractivity contribution in [3.63, 3.8) is 0 Å². The van der Waals surface area contributed by atoms with Crippen molar-refractivity contribution in [1.82, 2.24) is 4.98 Å². The summed E-state index contributed by atoms with van der Waals surface area (Å²) in [5.74, 6) is 0.403. The molecule has 0 radical (unpaired) electrons. The molecule has 1 aromatic rings. The van der Waals surface area contributed by atoms with Crippen molar-refractivity contribution >= 4 is 11.8 Å². The summed E-state index contributed by atoms with van der Waals surface area (Å²) in [4.78, 5) is 17.2. The number of hydrogen-bond acceptors (Lipinski definition) is 5. The molecule has 20 heavy (non-hydrogen) atoms. The number of carbonyl (C=O) groups is 1. The maximum Gasteiger partial charge on any atom is 0.336 e. The van der Waals surface area contributed by atoms with E-state index in [9.17, 15) is 4.79 Å². The Balaban J connectivity index is 2.07. The Morgan fingerprint density at radius 1 is 1.45 bits per heavy atom. The molecule has 0 bridgehead atoms. The lowest BCUT2D eigenvalue weighted by atomic mass is 10.0. The van der Waals surface area contributed by atoms with Crippen LogP contribution in [0.1, 0.15) is 23.2 Å². The van der Waals surface area contributed by atoms with Gasteiger partial charge >= 0.3 is 5.97 Å². The molecule has 1 N–H and O–H groups in total. The smallest absolute Gasteiger partial charge is 0.336 e. The van der Waals surface area contributed by atoms with E-state index in [2.05, 4.69) is 4.98 Å². The summed E-state index contributed by atoms with van der Waals surface area (Å²) in [5, 5.41) is 9.11. The van der Waals surface area contributed by atoms with Crippen molar-refractivity contribution < 1.29 is 19.4 Å². The van der Waals surface area contributed by atoms with Crippen molar-refractivity contribution in [2.45, 2.75) is 12.8 Å². The molecule has 110 valence electrons. The van der Waals surface area contributed by atoms with Gasteiger partial charge in [0.25, 0.3) is 0 Å². The Kier molecular flexibility index (Phi) is 4.79. The molecule has 0 spiro atoms. The summed E-state index contributed by atoms with van der Waals surface area (Å²) in [7, 11) is 3.63. The molecule has 1 aromatic heterocycles. The van der Waals surface area contributed by atoms with Crippen molar-refractivity contribution in [3.8, 4) is 5.88 Å². The van der Waals surface area contributed by atoms with Crippen LogP contribution in [0.5, 0.6) is 5.88 Å². The van der Waals surface area contributed by atoms with Gasteiger partial charge in [0.1, 0.15) is 5.82 Å². The summed E-state index contributed by atoms with van der Waals surface area (Å²) in [5.41, 5.74) is 0.186. The zero-order valence-corrected chi connectivity index (χ0v) is 11.8. The van der Waals surface area contributed by atoms with E-state index in [1.165, 1.54) is 12.1 Å². The maximum absolute atomic E-state index is 11.1. The molecule has 6 nitrogen and oxygen atoms in total. The lowest BCUT2D eigenvalue weighted by Gasteiger charge is -2.22. The van der Waals surface area contributed by atoms with E-state index in [0.717, 1.165) is 26.1 Å². The lowest BCUT2D eigenvalue weighted by Crippen LogP contribution is -2.22. The highest BCUT2D eigenvalue weighted by Gasteiger charge is 2.16. The van der Waals surface area contributed by atoms with E-state index in [4.69, 9.17) is 14.6 Å². The SMILES string of the molecule is CN(C)c1cc(C(=O)O)cc(OCC2CCOCC2)n1. The number of carboxylic acid groups (broad SMARTS) is 1. The minimum Gasteiger partial charge on any atom is -0.478 e. The van der Waals surface area contributed by atoms with Gasteiger partial charge in [0.15, 0.2) is 0 Å². The topological polar surface area (TPSA) is 71.9 Å². The molecule has 2 heterocycles. The molecule has 0 unspecified atom stereocenters. The van der Waals surface area contributed by atoms with Gasteiger partial charge in [-0.15, -0.1) is 0 Å². The normalized spacial score (nSPS) is 15.9. The predicted octanol–water partition coefficient (Wildman–Crippen LogP) is 1.65. The van der Waals surface area contributed by atoms with Crippen molar-refractivity contribution in [2.24, 2.45) is 5.92 Å². The van der Waals surface area contributed by atoms with E-state index in [0.29, 0.717) is 24.2 Å². The van der Waals surface area contributed by atoms with Gasteiger partial charge in [0, 0.05) is 33.4 Å². The van der Waals surface area contributed by atoms with Crippen LogP contribution < -0.4 is 9.64 Å². The predicted molar refractivity (Wildman–Crippen MR) is 74.6 cm³/mol. The molecular formula is C14H20N2O4. The number of anilines is 1. The summed E-state index contributed by atoms with van der Waals surface area (Å²) in [6.45, 7) is 2.07. The average molecular weight is 280 g/mol. The van der Waals surface area contributed by atoms with E-state index >= 15 is 0 Å². The van der Waals surface area contributed by atoms with Crippen LogP contribution in [0.15, 0.2) is 12.1 Å². The third-order valence-corrected chi connectivity index (χ3v) is 3.30. The third-order valence-electron chi connectivity index (χ3n) is 3.30. The molecule has 0 aromatic carbocycles. The largest absolute Gasteiger partial charge is 0.478 e. The molecule has 0 saturated carbocycles. The van der Waals surface area contributed by atoms with Gasteiger partial charge in [-0.05, 0) is 24.8 Å². The number of hydrogen-bond donors (Lipinski definition) is 1. The lowest BCUT2D eigenvalue weighted by molar-refractivity contribution is 0.0490. The second kappa shape index (κ2) is 6.56. The van der Waals surface area contributed by atoms with Crippen molar-refractivity contribution in [1.29, 1.82) is 0 Å². The minimum atomic E-state index is -0.980. The molecular weight excluding hydrogens is 260 g/mol. The zero-order chi connectivity index (χ0) is 14.5. The summed E-state index contributed by atoms with van der Waals surface area (Å²) < 4.78 is 11.0. The van der Waals surface area contributed by atoms with Crippen LogP contribution in [0.2, 0.25) is 0 Å². The Morgan fingerprint density at radius 3 is 2.75 bits per heavy atom. The number of rotatable bonds is 5. The fourth-order valence-electron chi connectivity index (χ4n) is 2.03. The van der Waals surface area contributed by atoms with E-state index < -0.39 is 5.97 Å². The highest BCUT2D eigenvalue weighted by atomic mass is 16.5. The van der Waals surface area contributed by atoms with Gasteiger partial charge in [-0.3, -0.25) is 0 Å². The first-order valence-corrected chi connectivity index (χ1v) is 6.69. The summed E-state index contributed by atoms with van der Waals surface area (Å²) >= 11 is 0. The fraction of sp³-hybridized carbons (Fsp3) is 0.571. The van der Waals surface area contributed by atoms with Gasteiger partial charge in [-0.1, -0.05) is 0 Å². The maximum atomic E-state index is 11.1. The minimum absolute atomic E-state index is 0.186. The van der Waals surface area contributed by atoms with E-state index in [1.54, 1.807) is 4.90 Å². The quantitative estimate of drug-likeness (QED) is 0.884. The molecule has 0 aliphatic carbocycles. The monoisotopic (exact) mass is 280 g/mol. The molecule has 0 atom stereocenters. The van der Waals surface area contributed by atoms with Crippen molar-refractivity contribution in [2.75, 3.05) is 38.8 Å². The van der Waals surface area contributed by atoms with Crippen LogP contribution >= 0.6 is 0 Å². The molecule has 1 aliphatic rings. The first-order valence-electron chi connectivity index (χ1n) is 6.69. The first-order chi connectivity index (χ1) is 9.56. The Labute approximate surface area is 118 Å². The number of aromatic carboxylic acids is 1. The van der Waals surface area contributed by atoms with E-state index in [1.807, 2.05) is 14.1 Å². The van der Waals surface area contributed by atoms with Gasteiger partial charge in [-0.2, -0.15) is 4.98 Å². The third kappa shape index (κ3) is 3.84. The number of aromatic nitrogens is 1. The van der Waals surface area contributed by atoms with Gasteiger partial charge in [0.05, 0.1) is 12.2 Å². The summed E-state index contributed by atoms with van der Waals surface area (Å²) in [6.07, 6.45) is 1.94. The molecule has 1 fully saturated rings. The zero-order valence-electron chi connectivity index (χ0n) is 11.8. The van der Waals surface area contributed by atoms with Crippen LogP contribution in [-0.4, -0.2) is 50.0 Å². The van der Waals surface area contributed by atoms with Gasteiger partial charge in [-0.25, -0.2) is 4.79 Å². The Hall–Kier alpha value is -1.82. The molecule has 2 rings (SSSR count). The van der Waals surface area contributed by atoms with Crippen molar-refractivity contribution in [3.05, 3.63) is 17.7 Å². The number of pyridine rings is 1. The summed E-state index contributed by atoms with van der Waals surface area (Å²) in [6, 6.07) is 3.00. The van der Waals surface area contributed by atoms with Gasteiger partial charge < -0.3 is 19.5 Å². The second-order valence-electron chi connectivity index (χ2n) is 5.12. The number of ether oxygens (including phenoxy) is 2. The van der Waals surface area contributed by atoms with Crippen LogP contribution in [0, 0.1) is 5.92 Å². The Morgan fingerprint density at radius 2 is 2.15 bits per heavy atom. The van der Waals surface area contributed by atoms with Crippen LogP contribution in [0.3, 0.4) is 0 Å².